The highest BCUT2D eigenvalue weighted by Crippen LogP contribution is 2.50. The Balaban J connectivity index is 1.69. The first kappa shape index (κ1) is 12.7. The Kier molecular flexibility index (Phi) is 3.45. The van der Waals surface area contributed by atoms with Gasteiger partial charge in [0.2, 0.25) is 0 Å². The molecule has 98 valence electrons. The van der Waals surface area contributed by atoms with Crippen LogP contribution in [0.15, 0.2) is 24.3 Å². The van der Waals surface area contributed by atoms with Crippen LogP contribution in [0.1, 0.15) is 20.3 Å². The number of hydrogen-bond donors (Lipinski definition) is 2. The van der Waals surface area contributed by atoms with Crippen LogP contribution in [-0.4, -0.2) is 19.1 Å². The van der Waals surface area contributed by atoms with Gasteiger partial charge in [0.15, 0.2) is 6.61 Å². The van der Waals surface area contributed by atoms with E-state index in [4.69, 9.17) is 10.5 Å². The number of rotatable bonds is 5. The van der Waals surface area contributed by atoms with Crippen molar-refractivity contribution in [2.45, 2.75) is 20.3 Å². The molecule has 1 atom stereocenters. The van der Waals surface area contributed by atoms with Crippen LogP contribution in [0.4, 0.5) is 5.69 Å². The minimum absolute atomic E-state index is 0.0383. The second kappa shape index (κ2) is 4.88. The Morgan fingerprint density at radius 3 is 2.89 bits per heavy atom. The molecule has 1 fully saturated rings. The predicted molar refractivity (Wildman–Crippen MR) is 71.2 cm³/mol. The summed E-state index contributed by atoms with van der Waals surface area (Å²) < 4.78 is 5.36. The molecule has 1 amide bonds. The first-order chi connectivity index (χ1) is 8.47. The molecule has 0 heterocycles. The van der Waals surface area contributed by atoms with Gasteiger partial charge in [0, 0.05) is 18.3 Å². The zero-order chi connectivity index (χ0) is 13.2. The Hall–Kier alpha value is -1.71. The number of ether oxygens (including phenoxy) is 1. The lowest BCUT2D eigenvalue weighted by Crippen LogP contribution is -2.31. The maximum atomic E-state index is 11.6. The third kappa shape index (κ3) is 3.39. The molecular weight excluding hydrogens is 228 g/mol. The molecule has 1 aliphatic carbocycles. The number of nitrogen functional groups attached to an aromatic ring is 1. The van der Waals surface area contributed by atoms with Gasteiger partial charge in [0.25, 0.3) is 5.91 Å². The lowest BCUT2D eigenvalue weighted by Gasteiger charge is -2.08. The molecule has 1 aromatic carbocycles. The molecule has 2 rings (SSSR count). The van der Waals surface area contributed by atoms with E-state index < -0.39 is 0 Å². The van der Waals surface area contributed by atoms with Crippen molar-refractivity contribution < 1.29 is 9.53 Å². The quantitative estimate of drug-likeness (QED) is 0.781. The average molecular weight is 248 g/mol. The minimum atomic E-state index is -0.0832. The standard InChI is InChI=1S/C14H20N2O2/c1-14(2)7-10(14)8-16-13(17)9-18-12-5-3-4-11(15)6-12/h3-6,10H,7-9,15H2,1-2H3,(H,16,17). The molecule has 0 saturated heterocycles. The van der Waals surface area contributed by atoms with Crippen LogP contribution in [0.25, 0.3) is 0 Å². The zero-order valence-corrected chi connectivity index (χ0v) is 10.9. The summed E-state index contributed by atoms with van der Waals surface area (Å²) in [6.45, 7) is 5.21. The van der Waals surface area contributed by atoms with Crippen LogP contribution in [0, 0.1) is 11.3 Å². The molecular formula is C14H20N2O2. The second-order valence-corrected chi connectivity index (χ2v) is 5.55. The Labute approximate surface area is 108 Å². The van der Waals surface area contributed by atoms with Crippen LogP contribution in [0.3, 0.4) is 0 Å². The van der Waals surface area contributed by atoms with Gasteiger partial charge in [0.1, 0.15) is 5.75 Å². The third-order valence-electron chi connectivity index (χ3n) is 3.49. The SMILES string of the molecule is CC1(C)CC1CNC(=O)COc1cccc(N)c1. The van der Waals surface area contributed by atoms with Gasteiger partial charge in [-0.1, -0.05) is 19.9 Å². The number of hydrogen-bond acceptors (Lipinski definition) is 3. The van der Waals surface area contributed by atoms with Crippen LogP contribution in [-0.2, 0) is 4.79 Å². The summed E-state index contributed by atoms with van der Waals surface area (Å²) in [7, 11) is 0. The molecule has 1 saturated carbocycles. The number of carbonyl (C=O) groups excluding carboxylic acids is 1. The van der Waals surface area contributed by atoms with Crippen molar-refractivity contribution in [2.24, 2.45) is 11.3 Å². The Bertz CT molecular complexity index is 443. The molecule has 0 aliphatic heterocycles. The summed E-state index contributed by atoms with van der Waals surface area (Å²) in [6, 6.07) is 7.07. The largest absolute Gasteiger partial charge is 0.484 e. The predicted octanol–water partition coefficient (Wildman–Crippen LogP) is 1.81. The Morgan fingerprint density at radius 1 is 1.56 bits per heavy atom. The number of nitrogens with one attached hydrogen (secondary N) is 1. The van der Waals surface area contributed by atoms with Gasteiger partial charge in [-0.15, -0.1) is 0 Å². The van der Waals surface area contributed by atoms with Crippen LogP contribution < -0.4 is 15.8 Å². The monoisotopic (exact) mass is 248 g/mol. The van der Waals surface area contributed by atoms with E-state index in [2.05, 4.69) is 19.2 Å². The second-order valence-electron chi connectivity index (χ2n) is 5.55. The van der Waals surface area contributed by atoms with Gasteiger partial charge in [-0.2, -0.15) is 0 Å². The molecule has 18 heavy (non-hydrogen) atoms. The van der Waals surface area contributed by atoms with E-state index in [1.807, 2.05) is 0 Å². The van der Waals surface area contributed by atoms with Crippen molar-refractivity contribution in [3.8, 4) is 5.75 Å². The summed E-state index contributed by atoms with van der Waals surface area (Å²) in [4.78, 5) is 11.6. The van der Waals surface area contributed by atoms with Gasteiger partial charge in [-0.05, 0) is 29.9 Å². The van der Waals surface area contributed by atoms with E-state index in [-0.39, 0.29) is 12.5 Å². The van der Waals surface area contributed by atoms with Crippen molar-refractivity contribution in [3.63, 3.8) is 0 Å². The minimum Gasteiger partial charge on any atom is -0.484 e. The zero-order valence-electron chi connectivity index (χ0n) is 10.9. The number of carbonyl (C=O) groups is 1. The average Bonchev–Trinajstić information content (AvgIpc) is 2.92. The van der Waals surface area contributed by atoms with Crippen molar-refractivity contribution in [3.05, 3.63) is 24.3 Å². The van der Waals surface area contributed by atoms with E-state index in [0.29, 0.717) is 22.8 Å². The fraction of sp³-hybridized carbons (Fsp3) is 0.500. The fourth-order valence-corrected chi connectivity index (χ4v) is 1.97. The molecule has 1 unspecified atom stereocenters. The van der Waals surface area contributed by atoms with E-state index in [1.54, 1.807) is 24.3 Å². The molecule has 3 N–H and O–H groups in total. The number of benzene rings is 1. The summed E-state index contributed by atoms with van der Waals surface area (Å²) in [5.41, 5.74) is 6.64. The van der Waals surface area contributed by atoms with Gasteiger partial charge in [-0.25, -0.2) is 0 Å². The first-order valence-electron chi connectivity index (χ1n) is 6.22. The summed E-state index contributed by atoms with van der Waals surface area (Å²) in [6.07, 6.45) is 1.18. The van der Waals surface area contributed by atoms with Gasteiger partial charge in [-0.3, -0.25) is 4.79 Å². The van der Waals surface area contributed by atoms with E-state index in [1.165, 1.54) is 6.42 Å². The topological polar surface area (TPSA) is 64.3 Å². The molecule has 0 aromatic heterocycles. The van der Waals surface area contributed by atoms with Crippen LogP contribution in [0.5, 0.6) is 5.75 Å². The first-order valence-corrected chi connectivity index (χ1v) is 6.22. The molecule has 4 nitrogen and oxygen atoms in total. The molecule has 0 spiro atoms. The number of amides is 1. The van der Waals surface area contributed by atoms with Gasteiger partial charge < -0.3 is 15.8 Å². The van der Waals surface area contributed by atoms with E-state index in [0.717, 1.165) is 6.54 Å². The van der Waals surface area contributed by atoms with Crippen molar-refractivity contribution in [1.29, 1.82) is 0 Å². The van der Waals surface area contributed by atoms with E-state index in [9.17, 15) is 4.79 Å². The van der Waals surface area contributed by atoms with Gasteiger partial charge in [0.05, 0.1) is 0 Å². The summed E-state index contributed by atoms with van der Waals surface area (Å²) >= 11 is 0. The fourth-order valence-electron chi connectivity index (χ4n) is 1.97. The molecule has 1 aliphatic rings. The maximum Gasteiger partial charge on any atom is 0.257 e. The van der Waals surface area contributed by atoms with Crippen molar-refractivity contribution in [1.82, 2.24) is 5.32 Å². The summed E-state index contributed by atoms with van der Waals surface area (Å²) in [5.74, 6) is 1.14. The molecule has 0 radical (unpaired) electrons. The highest BCUT2D eigenvalue weighted by Gasteiger charge is 2.45. The normalized spacial score (nSPS) is 20.2. The molecule has 0 bridgehead atoms. The molecule has 4 heteroatoms. The lowest BCUT2D eigenvalue weighted by atomic mass is 10.1. The Morgan fingerprint density at radius 2 is 2.28 bits per heavy atom. The van der Waals surface area contributed by atoms with Crippen molar-refractivity contribution >= 4 is 11.6 Å². The maximum absolute atomic E-state index is 11.6. The van der Waals surface area contributed by atoms with Gasteiger partial charge >= 0.3 is 0 Å². The van der Waals surface area contributed by atoms with Crippen LogP contribution in [0.2, 0.25) is 0 Å². The van der Waals surface area contributed by atoms with Crippen molar-refractivity contribution in [2.75, 3.05) is 18.9 Å². The van der Waals surface area contributed by atoms with Crippen LogP contribution >= 0.6 is 0 Å². The smallest absolute Gasteiger partial charge is 0.257 e. The number of anilines is 1. The third-order valence-corrected chi connectivity index (χ3v) is 3.49. The molecule has 1 aromatic rings. The highest BCUT2D eigenvalue weighted by molar-refractivity contribution is 5.77. The summed E-state index contributed by atoms with van der Waals surface area (Å²) in [5, 5.41) is 2.89. The van der Waals surface area contributed by atoms with E-state index >= 15 is 0 Å². The number of nitrogens with two attached hydrogens (primary N) is 1. The highest BCUT2D eigenvalue weighted by atomic mass is 16.5. The lowest BCUT2D eigenvalue weighted by molar-refractivity contribution is -0.123.